The zero-order chi connectivity index (χ0) is 20.1. The maximum Gasteiger partial charge on any atom is 0.228 e. The van der Waals surface area contributed by atoms with Crippen LogP contribution in [0, 0.1) is 11.7 Å². The second kappa shape index (κ2) is 6.72. The van der Waals surface area contributed by atoms with Gasteiger partial charge < -0.3 is 14.3 Å². The van der Waals surface area contributed by atoms with Crippen molar-refractivity contribution in [2.24, 2.45) is 5.92 Å². The molecule has 7 heteroatoms. The first kappa shape index (κ1) is 18.7. The normalized spacial score (nSPS) is 19.9. The first-order valence-electron chi connectivity index (χ1n) is 9.56. The van der Waals surface area contributed by atoms with Crippen molar-refractivity contribution in [1.82, 2.24) is 15.0 Å². The van der Waals surface area contributed by atoms with Crippen molar-refractivity contribution in [1.29, 1.82) is 0 Å². The monoisotopic (exact) mass is 385 g/mol. The van der Waals surface area contributed by atoms with Crippen LogP contribution in [-0.4, -0.2) is 45.4 Å². The van der Waals surface area contributed by atoms with Crippen LogP contribution in [0.1, 0.15) is 38.4 Å². The highest BCUT2D eigenvalue weighted by molar-refractivity contribution is 5.89. The molecular formula is C21H24FN3O3. The summed E-state index contributed by atoms with van der Waals surface area (Å²) < 4.78 is 18.7. The number of hydrogen-bond acceptors (Lipinski definition) is 4. The Hall–Kier alpha value is -2.70. The Kier molecular flexibility index (Phi) is 4.48. The van der Waals surface area contributed by atoms with Crippen LogP contribution in [0.25, 0.3) is 11.3 Å². The molecule has 0 radical (unpaired) electrons. The first-order chi connectivity index (χ1) is 13.2. The fourth-order valence-corrected chi connectivity index (χ4v) is 4.03. The number of benzene rings is 1. The number of rotatable bonds is 2. The summed E-state index contributed by atoms with van der Waals surface area (Å²) in [5, 5.41) is 4.14. The van der Waals surface area contributed by atoms with Gasteiger partial charge in [-0.2, -0.15) is 0 Å². The van der Waals surface area contributed by atoms with E-state index < -0.39 is 0 Å². The Morgan fingerprint density at radius 2 is 1.96 bits per heavy atom. The second-order valence-corrected chi connectivity index (χ2v) is 8.53. The number of fused-ring (bicyclic) bond motifs is 1. The largest absolute Gasteiger partial charge is 0.356 e. The van der Waals surface area contributed by atoms with E-state index in [4.69, 9.17) is 4.52 Å². The van der Waals surface area contributed by atoms with Crippen LogP contribution >= 0.6 is 0 Å². The maximum atomic E-state index is 13.2. The van der Waals surface area contributed by atoms with Crippen LogP contribution in [-0.2, 0) is 22.6 Å². The van der Waals surface area contributed by atoms with Gasteiger partial charge in [-0.15, -0.1) is 0 Å². The van der Waals surface area contributed by atoms with E-state index in [2.05, 4.69) is 5.16 Å². The van der Waals surface area contributed by atoms with Gasteiger partial charge in [0.15, 0.2) is 5.76 Å². The quantitative estimate of drug-likeness (QED) is 0.797. The molecule has 0 saturated carbocycles. The van der Waals surface area contributed by atoms with Gasteiger partial charge in [0.1, 0.15) is 11.5 Å². The van der Waals surface area contributed by atoms with Crippen LogP contribution < -0.4 is 0 Å². The predicted octanol–water partition coefficient (Wildman–Crippen LogP) is 3.01. The van der Waals surface area contributed by atoms with Crippen molar-refractivity contribution in [3.63, 3.8) is 0 Å². The van der Waals surface area contributed by atoms with E-state index in [1.54, 1.807) is 21.9 Å². The van der Waals surface area contributed by atoms with Crippen molar-refractivity contribution >= 4 is 11.8 Å². The summed E-state index contributed by atoms with van der Waals surface area (Å²) in [5.41, 5.74) is 2.19. The topological polar surface area (TPSA) is 66.7 Å². The van der Waals surface area contributed by atoms with E-state index in [1.165, 1.54) is 12.1 Å². The molecule has 4 rings (SSSR count). The van der Waals surface area contributed by atoms with E-state index in [0.29, 0.717) is 31.8 Å². The van der Waals surface area contributed by atoms with Crippen molar-refractivity contribution in [2.75, 3.05) is 13.1 Å². The summed E-state index contributed by atoms with van der Waals surface area (Å²) in [7, 11) is 0. The molecule has 2 aliphatic rings. The fourth-order valence-electron chi connectivity index (χ4n) is 4.03. The van der Waals surface area contributed by atoms with Gasteiger partial charge in [-0.1, -0.05) is 5.16 Å². The summed E-state index contributed by atoms with van der Waals surface area (Å²) >= 11 is 0. The molecule has 6 nitrogen and oxygen atoms in total. The highest BCUT2D eigenvalue weighted by Gasteiger charge is 2.41. The second-order valence-electron chi connectivity index (χ2n) is 8.53. The molecule has 3 heterocycles. The third-order valence-corrected chi connectivity index (χ3v) is 5.54. The number of hydrogen-bond donors (Lipinski definition) is 0. The van der Waals surface area contributed by atoms with E-state index in [-0.39, 0.29) is 35.5 Å². The lowest BCUT2D eigenvalue weighted by molar-refractivity contribution is -0.136. The van der Waals surface area contributed by atoms with Crippen LogP contribution in [0.5, 0.6) is 0 Å². The molecule has 1 aromatic carbocycles. The van der Waals surface area contributed by atoms with Crippen molar-refractivity contribution in [3.05, 3.63) is 41.3 Å². The number of nitrogens with zero attached hydrogens (tertiary/aromatic N) is 3. The lowest BCUT2D eigenvalue weighted by Gasteiger charge is -2.33. The third-order valence-electron chi connectivity index (χ3n) is 5.54. The first-order valence-corrected chi connectivity index (χ1v) is 9.56. The summed E-state index contributed by atoms with van der Waals surface area (Å²) in [6, 6.07) is 6.11. The van der Waals surface area contributed by atoms with Gasteiger partial charge in [0.2, 0.25) is 11.8 Å². The highest BCUT2D eigenvalue weighted by Crippen LogP contribution is 2.32. The van der Waals surface area contributed by atoms with Gasteiger partial charge in [0.05, 0.1) is 12.5 Å². The van der Waals surface area contributed by atoms with Crippen LogP contribution in [0.2, 0.25) is 0 Å². The van der Waals surface area contributed by atoms with Crippen molar-refractivity contribution in [3.8, 4) is 11.3 Å². The average molecular weight is 385 g/mol. The number of halogens is 1. The molecule has 0 aliphatic carbocycles. The van der Waals surface area contributed by atoms with Crippen molar-refractivity contribution in [2.45, 2.75) is 45.7 Å². The molecule has 2 aromatic rings. The molecule has 148 valence electrons. The lowest BCUT2D eigenvalue weighted by atomic mass is 9.99. The molecule has 0 spiro atoms. The average Bonchev–Trinajstić information content (AvgIpc) is 3.24. The van der Waals surface area contributed by atoms with Gasteiger partial charge in [0, 0.05) is 36.2 Å². The number of likely N-dealkylation sites (tertiary alicyclic amines) is 1. The predicted molar refractivity (Wildman–Crippen MR) is 101 cm³/mol. The molecule has 0 N–H and O–H groups in total. The van der Waals surface area contributed by atoms with E-state index in [1.807, 2.05) is 20.8 Å². The van der Waals surface area contributed by atoms with E-state index in [0.717, 1.165) is 16.8 Å². The third kappa shape index (κ3) is 3.30. The van der Waals surface area contributed by atoms with Crippen LogP contribution in [0.15, 0.2) is 28.8 Å². The maximum absolute atomic E-state index is 13.2. The standard InChI is InChI=1S/C21H24FN3O3/c1-21(2,3)25-11-14(10-18(25)26)20(27)24-9-8-16-17(12-24)23-28-19(16)13-4-6-15(22)7-5-13/h4-7,14H,8-12H2,1-3H3. The summed E-state index contributed by atoms with van der Waals surface area (Å²) in [4.78, 5) is 28.8. The summed E-state index contributed by atoms with van der Waals surface area (Å²) in [6.45, 7) is 7.34. The molecule has 1 unspecified atom stereocenters. The lowest BCUT2D eigenvalue weighted by Crippen LogP contribution is -2.44. The van der Waals surface area contributed by atoms with E-state index >= 15 is 0 Å². The number of carbonyl (C=O) groups is 2. The van der Waals surface area contributed by atoms with Gasteiger partial charge in [0.25, 0.3) is 0 Å². The Bertz CT molecular complexity index is 914. The number of amides is 2. The number of aromatic nitrogens is 1. The molecule has 1 fully saturated rings. The molecule has 2 amide bonds. The van der Waals surface area contributed by atoms with Crippen LogP contribution in [0.3, 0.4) is 0 Å². The van der Waals surface area contributed by atoms with Gasteiger partial charge in [-0.3, -0.25) is 9.59 Å². The van der Waals surface area contributed by atoms with Gasteiger partial charge in [-0.25, -0.2) is 4.39 Å². The highest BCUT2D eigenvalue weighted by atomic mass is 19.1. The Balaban J connectivity index is 1.48. The summed E-state index contributed by atoms with van der Waals surface area (Å²) in [5.74, 6) is 0.0544. The molecule has 2 aliphatic heterocycles. The van der Waals surface area contributed by atoms with Crippen molar-refractivity contribution < 1.29 is 18.5 Å². The van der Waals surface area contributed by atoms with Crippen LogP contribution in [0.4, 0.5) is 4.39 Å². The smallest absolute Gasteiger partial charge is 0.228 e. The molecule has 28 heavy (non-hydrogen) atoms. The molecular weight excluding hydrogens is 361 g/mol. The Morgan fingerprint density at radius 3 is 2.61 bits per heavy atom. The van der Waals surface area contributed by atoms with E-state index in [9.17, 15) is 14.0 Å². The van der Waals surface area contributed by atoms with Gasteiger partial charge >= 0.3 is 0 Å². The zero-order valence-corrected chi connectivity index (χ0v) is 16.4. The molecule has 1 atom stereocenters. The van der Waals surface area contributed by atoms with Gasteiger partial charge in [-0.05, 0) is 51.5 Å². The minimum absolute atomic E-state index is 0.00270. The Labute approximate surface area is 163 Å². The molecule has 1 saturated heterocycles. The molecule has 1 aromatic heterocycles. The minimum atomic E-state index is -0.309. The number of carbonyl (C=O) groups excluding carboxylic acids is 2. The molecule has 0 bridgehead atoms. The SMILES string of the molecule is CC(C)(C)N1CC(C(=O)N2CCc3c(noc3-c3ccc(F)cc3)C2)CC1=O. The zero-order valence-electron chi connectivity index (χ0n) is 16.4. The Morgan fingerprint density at radius 1 is 1.25 bits per heavy atom. The fraction of sp³-hybridized carbons (Fsp3) is 0.476. The minimum Gasteiger partial charge on any atom is -0.356 e. The summed E-state index contributed by atoms with van der Waals surface area (Å²) in [6.07, 6.45) is 0.889.